The van der Waals surface area contributed by atoms with Crippen LogP contribution in [0.25, 0.3) is 0 Å². The van der Waals surface area contributed by atoms with Crippen molar-refractivity contribution in [3.05, 3.63) is 5.51 Å². The van der Waals surface area contributed by atoms with Crippen molar-refractivity contribution in [3.8, 4) is 0 Å². The average Bonchev–Trinajstić information content (AvgIpc) is 2.58. The van der Waals surface area contributed by atoms with E-state index in [1.54, 1.807) is 16.8 Å². The zero-order valence-electron chi connectivity index (χ0n) is 6.61. The van der Waals surface area contributed by atoms with E-state index in [4.69, 9.17) is 0 Å². The van der Waals surface area contributed by atoms with Crippen LogP contribution < -0.4 is 4.90 Å². The predicted octanol–water partition coefficient (Wildman–Crippen LogP) is 1.90. The van der Waals surface area contributed by atoms with Crippen molar-refractivity contribution in [3.63, 3.8) is 0 Å². The number of hydrogen-bond donors (Lipinski definition) is 0. The van der Waals surface area contributed by atoms with E-state index < -0.39 is 0 Å². The third-order valence-corrected chi connectivity index (χ3v) is 3.71. The van der Waals surface area contributed by atoms with Gasteiger partial charge in [-0.25, -0.2) is 0 Å². The van der Waals surface area contributed by atoms with Crippen LogP contribution in [0.2, 0.25) is 0 Å². The highest BCUT2D eigenvalue weighted by molar-refractivity contribution is 9.09. The van der Waals surface area contributed by atoms with E-state index in [1.165, 1.54) is 12.8 Å². The summed E-state index contributed by atoms with van der Waals surface area (Å²) in [5.74, 6) is 0. The molecule has 66 valence electrons. The molecule has 3 nitrogen and oxygen atoms in total. The summed E-state index contributed by atoms with van der Waals surface area (Å²) in [6.07, 6.45) is 2.42. The second kappa shape index (κ2) is 3.70. The molecular formula is C7H10BrN3S. The number of hydrogen-bond acceptors (Lipinski definition) is 4. The summed E-state index contributed by atoms with van der Waals surface area (Å²) in [6.45, 7) is 2.20. The zero-order valence-corrected chi connectivity index (χ0v) is 9.01. The number of rotatable bonds is 1. The van der Waals surface area contributed by atoms with Gasteiger partial charge in [-0.15, -0.1) is 10.2 Å². The number of halogens is 1. The van der Waals surface area contributed by atoms with E-state index in [1.807, 2.05) is 0 Å². The maximum atomic E-state index is 4.04. The Morgan fingerprint density at radius 1 is 1.50 bits per heavy atom. The summed E-state index contributed by atoms with van der Waals surface area (Å²) in [5.41, 5.74) is 1.79. The number of nitrogens with zero attached hydrogens (tertiary/aromatic N) is 3. The molecule has 0 radical (unpaired) electrons. The number of piperidine rings is 1. The summed E-state index contributed by atoms with van der Waals surface area (Å²) in [7, 11) is 0. The van der Waals surface area contributed by atoms with Gasteiger partial charge in [0.2, 0.25) is 5.13 Å². The first-order chi connectivity index (χ1) is 5.86. The van der Waals surface area contributed by atoms with Crippen LogP contribution in [0.4, 0.5) is 5.13 Å². The Labute approximate surface area is 83.9 Å². The molecule has 2 heterocycles. The maximum Gasteiger partial charge on any atom is 0.208 e. The first-order valence-corrected chi connectivity index (χ1v) is 5.81. The predicted molar refractivity (Wildman–Crippen MR) is 54.1 cm³/mol. The molecule has 2 rings (SSSR count). The maximum absolute atomic E-state index is 4.04. The van der Waals surface area contributed by atoms with Crippen molar-refractivity contribution in [2.45, 2.75) is 17.7 Å². The third kappa shape index (κ3) is 1.77. The normalized spacial score (nSPS) is 19.9. The molecule has 1 fully saturated rings. The lowest BCUT2D eigenvalue weighted by Gasteiger charge is -2.28. The van der Waals surface area contributed by atoms with E-state index >= 15 is 0 Å². The molecule has 1 aromatic rings. The van der Waals surface area contributed by atoms with Gasteiger partial charge in [0.1, 0.15) is 5.51 Å². The van der Waals surface area contributed by atoms with Crippen LogP contribution >= 0.6 is 27.3 Å². The molecule has 1 aliphatic heterocycles. The van der Waals surface area contributed by atoms with Crippen molar-refractivity contribution in [1.29, 1.82) is 0 Å². The molecule has 0 amide bonds. The van der Waals surface area contributed by atoms with Crippen molar-refractivity contribution in [2.24, 2.45) is 0 Å². The highest BCUT2D eigenvalue weighted by atomic mass is 79.9. The first kappa shape index (κ1) is 8.44. The molecule has 0 N–H and O–H groups in total. The minimum Gasteiger partial charge on any atom is -0.347 e. The third-order valence-electron chi connectivity index (χ3n) is 2.04. The number of alkyl halides is 1. The fourth-order valence-corrected chi connectivity index (χ4v) is 2.37. The van der Waals surface area contributed by atoms with Gasteiger partial charge >= 0.3 is 0 Å². The SMILES string of the molecule is BrC1CCN(c2nncs2)CC1. The Morgan fingerprint density at radius 2 is 2.25 bits per heavy atom. The molecule has 12 heavy (non-hydrogen) atoms. The van der Waals surface area contributed by atoms with Crippen LogP contribution in [0.15, 0.2) is 5.51 Å². The molecule has 0 spiro atoms. The lowest BCUT2D eigenvalue weighted by atomic mass is 10.1. The summed E-state index contributed by atoms with van der Waals surface area (Å²) < 4.78 is 0. The quantitative estimate of drug-likeness (QED) is 0.711. The lowest BCUT2D eigenvalue weighted by Crippen LogP contribution is -2.33. The number of anilines is 1. The lowest BCUT2D eigenvalue weighted by molar-refractivity contribution is 0.594. The average molecular weight is 248 g/mol. The Kier molecular flexibility index (Phi) is 2.60. The monoisotopic (exact) mass is 247 g/mol. The van der Waals surface area contributed by atoms with E-state index in [0.717, 1.165) is 18.2 Å². The highest BCUT2D eigenvalue weighted by Crippen LogP contribution is 2.23. The molecule has 0 bridgehead atoms. The number of aromatic nitrogens is 2. The van der Waals surface area contributed by atoms with Crippen LogP contribution in [0.1, 0.15) is 12.8 Å². The second-order valence-corrected chi connectivity index (χ2v) is 4.99. The van der Waals surface area contributed by atoms with Gasteiger partial charge in [0, 0.05) is 17.9 Å². The molecule has 0 unspecified atom stereocenters. The first-order valence-electron chi connectivity index (χ1n) is 4.01. The molecule has 1 aliphatic rings. The van der Waals surface area contributed by atoms with Gasteiger partial charge in [0.15, 0.2) is 0 Å². The molecule has 1 saturated heterocycles. The zero-order chi connectivity index (χ0) is 8.39. The van der Waals surface area contributed by atoms with Crippen LogP contribution in [0.3, 0.4) is 0 Å². The van der Waals surface area contributed by atoms with Gasteiger partial charge in [-0.05, 0) is 12.8 Å². The van der Waals surface area contributed by atoms with E-state index in [9.17, 15) is 0 Å². The molecular weight excluding hydrogens is 238 g/mol. The highest BCUT2D eigenvalue weighted by Gasteiger charge is 2.18. The Hall–Kier alpha value is -0.160. The van der Waals surface area contributed by atoms with Gasteiger partial charge < -0.3 is 4.90 Å². The Bertz CT molecular complexity index is 231. The smallest absolute Gasteiger partial charge is 0.208 e. The van der Waals surface area contributed by atoms with Crippen LogP contribution in [-0.4, -0.2) is 28.1 Å². The minimum absolute atomic E-state index is 0.696. The second-order valence-electron chi connectivity index (χ2n) is 2.88. The van der Waals surface area contributed by atoms with E-state index in [2.05, 4.69) is 31.0 Å². The van der Waals surface area contributed by atoms with Crippen molar-refractivity contribution in [2.75, 3.05) is 18.0 Å². The summed E-state index contributed by atoms with van der Waals surface area (Å²) >= 11 is 5.24. The van der Waals surface area contributed by atoms with Crippen molar-refractivity contribution in [1.82, 2.24) is 10.2 Å². The Balaban J connectivity index is 1.99. The topological polar surface area (TPSA) is 29.0 Å². The van der Waals surface area contributed by atoms with Gasteiger partial charge in [0.05, 0.1) is 0 Å². The van der Waals surface area contributed by atoms with Crippen molar-refractivity contribution < 1.29 is 0 Å². The summed E-state index contributed by atoms with van der Waals surface area (Å²) in [6, 6.07) is 0. The van der Waals surface area contributed by atoms with Gasteiger partial charge in [-0.2, -0.15) is 0 Å². The standard InChI is InChI=1S/C7H10BrN3S/c8-6-1-3-11(4-2-6)7-10-9-5-12-7/h5-6H,1-4H2. The Morgan fingerprint density at radius 3 is 2.83 bits per heavy atom. The fourth-order valence-electron chi connectivity index (χ4n) is 1.34. The molecule has 0 saturated carbocycles. The minimum atomic E-state index is 0.696. The summed E-state index contributed by atoms with van der Waals surface area (Å²) in [4.78, 5) is 3.00. The largest absolute Gasteiger partial charge is 0.347 e. The summed E-state index contributed by atoms with van der Waals surface area (Å²) in [5, 5.41) is 8.94. The van der Waals surface area contributed by atoms with Gasteiger partial charge in [0.25, 0.3) is 0 Å². The molecule has 0 aromatic carbocycles. The van der Waals surface area contributed by atoms with Gasteiger partial charge in [-0.3, -0.25) is 0 Å². The van der Waals surface area contributed by atoms with Crippen molar-refractivity contribution >= 4 is 32.4 Å². The van der Waals surface area contributed by atoms with Crippen LogP contribution in [0, 0.1) is 0 Å². The van der Waals surface area contributed by atoms with Crippen LogP contribution in [-0.2, 0) is 0 Å². The van der Waals surface area contributed by atoms with Crippen LogP contribution in [0.5, 0.6) is 0 Å². The molecule has 0 atom stereocenters. The molecule has 5 heteroatoms. The fraction of sp³-hybridized carbons (Fsp3) is 0.714. The van der Waals surface area contributed by atoms with E-state index in [-0.39, 0.29) is 0 Å². The van der Waals surface area contributed by atoms with E-state index in [0.29, 0.717) is 4.83 Å². The molecule has 0 aliphatic carbocycles. The molecule has 1 aromatic heterocycles. The van der Waals surface area contributed by atoms with Gasteiger partial charge in [-0.1, -0.05) is 27.3 Å².